The van der Waals surface area contributed by atoms with E-state index in [-0.39, 0.29) is 36.0 Å². The molecule has 0 spiro atoms. The van der Waals surface area contributed by atoms with Gasteiger partial charge in [-0.1, -0.05) is 19.9 Å². The Morgan fingerprint density at radius 1 is 1.26 bits per heavy atom. The van der Waals surface area contributed by atoms with Crippen LogP contribution in [0.5, 0.6) is 0 Å². The maximum Gasteiger partial charge on any atom is 0.291 e. The number of rotatable bonds is 7. The zero-order chi connectivity index (χ0) is 19.3. The molecular formula is C20H28ClN3O3. The molecule has 148 valence electrons. The number of halogens is 1. The van der Waals surface area contributed by atoms with Gasteiger partial charge < -0.3 is 20.4 Å². The largest absolute Gasteiger partial charge is 0.459 e. The molecule has 7 heteroatoms. The number of aryl methyl sites for hydroxylation is 1. The number of hydrogen-bond donors (Lipinski definition) is 2. The standard InChI is InChI=1S/C20H27N3O3.ClH/c1-13(2)16(21)9-10-23(4)20(25)15-8-7-14(3)17(12-15)22-19(24)18-6-5-11-26-18;/h5-8,11-13,16H,9-10,21H2,1-4H3,(H,22,24);1H. The first-order chi connectivity index (χ1) is 12.3. The van der Waals surface area contributed by atoms with Crippen molar-refractivity contribution in [2.75, 3.05) is 18.9 Å². The van der Waals surface area contributed by atoms with Crippen LogP contribution < -0.4 is 11.1 Å². The Morgan fingerprint density at radius 3 is 2.56 bits per heavy atom. The number of furan rings is 1. The van der Waals surface area contributed by atoms with Crippen molar-refractivity contribution in [2.45, 2.75) is 33.2 Å². The molecule has 27 heavy (non-hydrogen) atoms. The molecule has 0 aliphatic rings. The Morgan fingerprint density at radius 2 is 1.96 bits per heavy atom. The Hall–Kier alpha value is -2.31. The first kappa shape index (κ1) is 22.7. The molecule has 6 nitrogen and oxygen atoms in total. The number of carbonyl (C=O) groups is 2. The van der Waals surface area contributed by atoms with Crippen LogP contribution in [0, 0.1) is 12.8 Å². The van der Waals surface area contributed by atoms with Crippen molar-refractivity contribution in [3.8, 4) is 0 Å². The van der Waals surface area contributed by atoms with Crippen LogP contribution in [0.4, 0.5) is 5.69 Å². The molecule has 0 aliphatic heterocycles. The van der Waals surface area contributed by atoms with Crippen LogP contribution in [0.1, 0.15) is 46.7 Å². The molecule has 3 N–H and O–H groups in total. The van der Waals surface area contributed by atoms with Crippen molar-refractivity contribution >= 4 is 29.9 Å². The molecule has 1 aromatic carbocycles. The first-order valence-corrected chi connectivity index (χ1v) is 8.76. The van der Waals surface area contributed by atoms with Crippen molar-refractivity contribution in [1.29, 1.82) is 0 Å². The summed E-state index contributed by atoms with van der Waals surface area (Å²) in [6.07, 6.45) is 2.19. The van der Waals surface area contributed by atoms with Gasteiger partial charge in [-0.15, -0.1) is 12.4 Å². The summed E-state index contributed by atoms with van der Waals surface area (Å²) < 4.78 is 5.10. The number of benzene rings is 1. The molecule has 0 aliphatic carbocycles. The van der Waals surface area contributed by atoms with Crippen molar-refractivity contribution in [3.63, 3.8) is 0 Å². The monoisotopic (exact) mass is 393 g/mol. The van der Waals surface area contributed by atoms with Gasteiger partial charge in [0, 0.05) is 30.9 Å². The van der Waals surface area contributed by atoms with E-state index >= 15 is 0 Å². The fourth-order valence-corrected chi connectivity index (χ4v) is 2.48. The van der Waals surface area contributed by atoms with Crippen LogP contribution >= 0.6 is 12.4 Å². The lowest BCUT2D eigenvalue weighted by atomic mass is 10.0. The Labute approximate surface area is 166 Å². The summed E-state index contributed by atoms with van der Waals surface area (Å²) in [4.78, 5) is 26.5. The average molecular weight is 394 g/mol. The van der Waals surface area contributed by atoms with Gasteiger partial charge in [0.25, 0.3) is 11.8 Å². The maximum absolute atomic E-state index is 12.7. The Balaban J connectivity index is 0.00000364. The summed E-state index contributed by atoms with van der Waals surface area (Å²) in [7, 11) is 1.76. The van der Waals surface area contributed by atoms with Crippen molar-refractivity contribution < 1.29 is 14.0 Å². The van der Waals surface area contributed by atoms with Gasteiger partial charge in [-0.3, -0.25) is 9.59 Å². The summed E-state index contributed by atoms with van der Waals surface area (Å²) in [5.74, 6) is 0.149. The van der Waals surface area contributed by atoms with Crippen LogP contribution in [0.25, 0.3) is 0 Å². The second-order valence-corrected chi connectivity index (χ2v) is 6.88. The summed E-state index contributed by atoms with van der Waals surface area (Å²) in [6.45, 7) is 6.60. The molecule has 2 rings (SSSR count). The smallest absolute Gasteiger partial charge is 0.291 e. The lowest BCUT2D eigenvalue weighted by molar-refractivity contribution is 0.0788. The SMILES string of the molecule is Cc1ccc(C(=O)N(C)CCC(N)C(C)C)cc1NC(=O)c1ccco1.Cl. The molecule has 1 aromatic heterocycles. The van der Waals surface area contributed by atoms with Gasteiger partial charge in [0.15, 0.2) is 5.76 Å². The van der Waals surface area contributed by atoms with E-state index in [2.05, 4.69) is 19.2 Å². The lowest BCUT2D eigenvalue weighted by Gasteiger charge is -2.22. The normalized spacial score (nSPS) is 11.6. The van der Waals surface area contributed by atoms with Gasteiger partial charge >= 0.3 is 0 Å². The summed E-state index contributed by atoms with van der Waals surface area (Å²) in [5.41, 5.74) is 8.03. The predicted molar refractivity (Wildman–Crippen MR) is 109 cm³/mol. The van der Waals surface area contributed by atoms with E-state index in [1.54, 1.807) is 36.2 Å². The fraction of sp³-hybridized carbons (Fsp3) is 0.400. The minimum Gasteiger partial charge on any atom is -0.459 e. The number of amides is 2. The molecule has 0 fully saturated rings. The minimum atomic E-state index is -0.348. The average Bonchev–Trinajstić information content (AvgIpc) is 3.15. The van der Waals surface area contributed by atoms with Gasteiger partial charge in [0.2, 0.25) is 0 Å². The maximum atomic E-state index is 12.7. The van der Waals surface area contributed by atoms with Crippen LogP contribution in [0.2, 0.25) is 0 Å². The highest BCUT2D eigenvalue weighted by atomic mass is 35.5. The van der Waals surface area contributed by atoms with E-state index in [0.29, 0.717) is 23.7 Å². The van der Waals surface area contributed by atoms with Gasteiger partial charge in [-0.05, 0) is 49.1 Å². The van der Waals surface area contributed by atoms with E-state index in [1.807, 2.05) is 13.0 Å². The zero-order valence-electron chi connectivity index (χ0n) is 16.2. The van der Waals surface area contributed by atoms with E-state index in [0.717, 1.165) is 12.0 Å². The zero-order valence-corrected chi connectivity index (χ0v) is 17.0. The molecule has 2 amide bonds. The van der Waals surface area contributed by atoms with Crippen LogP contribution in [-0.2, 0) is 0 Å². The highest BCUT2D eigenvalue weighted by Crippen LogP contribution is 2.19. The van der Waals surface area contributed by atoms with Crippen LogP contribution in [0.15, 0.2) is 41.0 Å². The van der Waals surface area contributed by atoms with Crippen LogP contribution in [-0.4, -0.2) is 36.3 Å². The highest BCUT2D eigenvalue weighted by Gasteiger charge is 2.17. The van der Waals surface area contributed by atoms with Gasteiger partial charge in [-0.2, -0.15) is 0 Å². The summed E-state index contributed by atoms with van der Waals surface area (Å²) in [5, 5.41) is 2.79. The third kappa shape index (κ3) is 6.12. The predicted octanol–water partition coefficient (Wildman–Crippen LogP) is 3.71. The number of nitrogens with two attached hydrogens (primary N) is 1. The van der Waals surface area contributed by atoms with Gasteiger partial charge in [0.1, 0.15) is 0 Å². The van der Waals surface area contributed by atoms with Crippen molar-refractivity contribution in [2.24, 2.45) is 11.7 Å². The highest BCUT2D eigenvalue weighted by molar-refractivity contribution is 6.03. The molecule has 0 saturated carbocycles. The molecule has 1 unspecified atom stereocenters. The Bertz CT molecular complexity index is 760. The first-order valence-electron chi connectivity index (χ1n) is 8.76. The van der Waals surface area contributed by atoms with E-state index in [1.165, 1.54) is 6.26 Å². The summed E-state index contributed by atoms with van der Waals surface area (Å²) >= 11 is 0. The van der Waals surface area contributed by atoms with E-state index in [9.17, 15) is 9.59 Å². The second kappa shape index (κ2) is 10.1. The van der Waals surface area contributed by atoms with E-state index < -0.39 is 0 Å². The third-order valence-electron chi connectivity index (χ3n) is 4.48. The summed E-state index contributed by atoms with van der Waals surface area (Å²) in [6, 6.07) is 8.57. The molecule has 0 bridgehead atoms. The van der Waals surface area contributed by atoms with Gasteiger partial charge in [0.05, 0.1) is 6.26 Å². The van der Waals surface area contributed by atoms with E-state index in [4.69, 9.17) is 10.2 Å². The van der Waals surface area contributed by atoms with Crippen molar-refractivity contribution in [1.82, 2.24) is 4.90 Å². The number of hydrogen-bond acceptors (Lipinski definition) is 4. The van der Waals surface area contributed by atoms with Crippen LogP contribution in [0.3, 0.4) is 0 Å². The molecule has 1 heterocycles. The Kier molecular flexibility index (Phi) is 8.53. The number of nitrogens with zero attached hydrogens (tertiary/aromatic N) is 1. The molecule has 0 saturated heterocycles. The second-order valence-electron chi connectivity index (χ2n) is 6.88. The number of nitrogens with one attached hydrogen (secondary N) is 1. The molecular weight excluding hydrogens is 366 g/mol. The van der Waals surface area contributed by atoms with Crippen molar-refractivity contribution in [3.05, 3.63) is 53.5 Å². The number of anilines is 1. The molecule has 1 atom stereocenters. The lowest BCUT2D eigenvalue weighted by Crippen LogP contribution is -2.34. The number of carbonyl (C=O) groups excluding carboxylic acids is 2. The molecule has 0 radical (unpaired) electrons. The third-order valence-corrected chi connectivity index (χ3v) is 4.48. The topological polar surface area (TPSA) is 88.6 Å². The molecule has 2 aromatic rings. The quantitative estimate of drug-likeness (QED) is 0.750. The minimum absolute atomic E-state index is 0. The fourth-order valence-electron chi connectivity index (χ4n) is 2.48. The van der Waals surface area contributed by atoms with Gasteiger partial charge in [-0.25, -0.2) is 0 Å².